The summed E-state index contributed by atoms with van der Waals surface area (Å²) in [6.07, 6.45) is -0.153. The number of ether oxygens (including phenoxy) is 2. The molecular weight excluding hydrogens is 362 g/mol. The van der Waals surface area contributed by atoms with Crippen molar-refractivity contribution in [3.8, 4) is 5.75 Å². The van der Waals surface area contributed by atoms with Gasteiger partial charge in [-0.05, 0) is 48.9 Å². The molecule has 0 saturated heterocycles. The van der Waals surface area contributed by atoms with E-state index in [0.717, 1.165) is 5.56 Å². The Kier molecular flexibility index (Phi) is 7.56. The maximum Gasteiger partial charge on any atom is 0.338 e. The number of carboxylic acid groups (broad SMARTS) is 1. The van der Waals surface area contributed by atoms with Gasteiger partial charge in [0.2, 0.25) is 5.91 Å². The summed E-state index contributed by atoms with van der Waals surface area (Å²) in [5.74, 6) is -1.54. The van der Waals surface area contributed by atoms with Gasteiger partial charge in [0.15, 0.2) is 0 Å². The van der Waals surface area contributed by atoms with Crippen molar-refractivity contribution in [3.05, 3.63) is 59.7 Å². The second-order valence-corrected chi connectivity index (χ2v) is 6.12. The van der Waals surface area contributed by atoms with Crippen LogP contribution in [0.3, 0.4) is 0 Å². The van der Waals surface area contributed by atoms with E-state index in [1.807, 2.05) is 0 Å². The molecule has 2 rings (SSSR count). The average Bonchev–Trinajstić information content (AvgIpc) is 2.68. The fourth-order valence-corrected chi connectivity index (χ4v) is 2.73. The fraction of sp³-hybridized carbons (Fsp3) is 0.286. The van der Waals surface area contributed by atoms with Crippen LogP contribution in [0.5, 0.6) is 5.75 Å². The Morgan fingerprint density at radius 1 is 1.00 bits per heavy atom. The molecule has 0 saturated carbocycles. The third kappa shape index (κ3) is 6.12. The van der Waals surface area contributed by atoms with Gasteiger partial charge in [-0.15, -0.1) is 0 Å². The number of amides is 1. The number of benzene rings is 2. The number of carbonyl (C=O) groups excluding carboxylic acids is 2. The number of anilines is 1. The third-order valence-corrected chi connectivity index (χ3v) is 4.12. The standard InChI is InChI=1S/C21H23NO6/c1-3-28-21(26)15-4-8-17(9-5-15)22-19(23)12-16(13-20(24)25)14-6-10-18(27-2)11-7-14/h4-11,16H,3,12-13H2,1-2H3,(H,22,23)(H,24,25)/t16-/m1/s1. The lowest BCUT2D eigenvalue weighted by Crippen LogP contribution is -2.18. The van der Waals surface area contributed by atoms with Crippen LogP contribution in [0.4, 0.5) is 5.69 Å². The van der Waals surface area contributed by atoms with Gasteiger partial charge in [-0.1, -0.05) is 12.1 Å². The number of methoxy groups -OCH3 is 1. The molecule has 28 heavy (non-hydrogen) atoms. The minimum Gasteiger partial charge on any atom is -0.497 e. The normalized spacial score (nSPS) is 11.4. The highest BCUT2D eigenvalue weighted by atomic mass is 16.5. The van der Waals surface area contributed by atoms with E-state index in [0.29, 0.717) is 17.0 Å². The van der Waals surface area contributed by atoms with Crippen molar-refractivity contribution in [2.45, 2.75) is 25.7 Å². The molecule has 0 aromatic heterocycles. The van der Waals surface area contributed by atoms with E-state index in [9.17, 15) is 19.5 Å². The van der Waals surface area contributed by atoms with Gasteiger partial charge in [-0.2, -0.15) is 0 Å². The van der Waals surface area contributed by atoms with Crippen LogP contribution < -0.4 is 10.1 Å². The molecule has 148 valence electrons. The first-order valence-electron chi connectivity index (χ1n) is 8.85. The highest BCUT2D eigenvalue weighted by molar-refractivity contribution is 5.93. The van der Waals surface area contributed by atoms with Crippen LogP contribution in [0.1, 0.15) is 41.6 Å². The molecule has 0 unspecified atom stereocenters. The number of aliphatic carboxylic acids is 1. The summed E-state index contributed by atoms with van der Waals surface area (Å²) >= 11 is 0. The summed E-state index contributed by atoms with van der Waals surface area (Å²) in [6.45, 7) is 2.01. The molecule has 0 fully saturated rings. The highest BCUT2D eigenvalue weighted by Gasteiger charge is 2.20. The predicted octanol–water partition coefficient (Wildman–Crippen LogP) is 3.46. The Hall–Kier alpha value is -3.35. The van der Waals surface area contributed by atoms with E-state index < -0.39 is 17.9 Å². The van der Waals surface area contributed by atoms with Gasteiger partial charge in [-0.3, -0.25) is 9.59 Å². The van der Waals surface area contributed by atoms with Crippen molar-refractivity contribution in [3.63, 3.8) is 0 Å². The molecule has 2 aromatic carbocycles. The SMILES string of the molecule is CCOC(=O)c1ccc(NC(=O)C[C@H](CC(=O)O)c2ccc(OC)cc2)cc1. The second-order valence-electron chi connectivity index (χ2n) is 6.12. The van der Waals surface area contributed by atoms with Crippen molar-refractivity contribution in [2.24, 2.45) is 0 Å². The number of rotatable bonds is 9. The Morgan fingerprint density at radius 2 is 1.64 bits per heavy atom. The fourth-order valence-electron chi connectivity index (χ4n) is 2.73. The molecule has 0 bridgehead atoms. The van der Waals surface area contributed by atoms with Gasteiger partial charge in [0.25, 0.3) is 0 Å². The molecule has 0 aliphatic rings. The average molecular weight is 385 g/mol. The van der Waals surface area contributed by atoms with Crippen molar-refractivity contribution in [1.82, 2.24) is 0 Å². The van der Waals surface area contributed by atoms with Crippen LogP contribution in [0.25, 0.3) is 0 Å². The molecule has 7 heteroatoms. The topological polar surface area (TPSA) is 102 Å². The Labute approximate surface area is 163 Å². The maximum absolute atomic E-state index is 12.4. The first-order chi connectivity index (χ1) is 13.4. The zero-order valence-corrected chi connectivity index (χ0v) is 15.8. The Bertz CT molecular complexity index is 814. The molecule has 0 radical (unpaired) electrons. The van der Waals surface area contributed by atoms with Crippen LogP contribution in [-0.4, -0.2) is 36.7 Å². The van der Waals surface area contributed by atoms with E-state index in [4.69, 9.17) is 9.47 Å². The smallest absolute Gasteiger partial charge is 0.338 e. The molecule has 0 aliphatic carbocycles. The molecule has 0 aliphatic heterocycles. The van der Waals surface area contributed by atoms with Gasteiger partial charge in [0, 0.05) is 18.0 Å². The minimum absolute atomic E-state index is 0.0122. The Balaban J connectivity index is 2.04. The van der Waals surface area contributed by atoms with E-state index in [-0.39, 0.29) is 25.4 Å². The number of hydrogen-bond donors (Lipinski definition) is 2. The molecule has 7 nitrogen and oxygen atoms in total. The number of esters is 1. The first-order valence-corrected chi connectivity index (χ1v) is 8.85. The van der Waals surface area contributed by atoms with Crippen LogP contribution in [0.15, 0.2) is 48.5 Å². The number of hydrogen-bond acceptors (Lipinski definition) is 5. The number of nitrogens with one attached hydrogen (secondary N) is 1. The van der Waals surface area contributed by atoms with Crippen molar-refractivity contribution >= 4 is 23.5 Å². The molecule has 1 atom stereocenters. The summed E-state index contributed by atoms with van der Waals surface area (Å²) in [5.41, 5.74) is 1.65. The zero-order valence-electron chi connectivity index (χ0n) is 15.8. The van der Waals surface area contributed by atoms with Gasteiger partial charge in [0.1, 0.15) is 5.75 Å². The summed E-state index contributed by atoms with van der Waals surface area (Å²) < 4.78 is 10.0. The summed E-state index contributed by atoms with van der Waals surface area (Å²) in [5, 5.41) is 11.9. The van der Waals surface area contributed by atoms with Gasteiger partial charge < -0.3 is 19.9 Å². The largest absolute Gasteiger partial charge is 0.497 e. The Morgan fingerprint density at radius 3 is 2.18 bits per heavy atom. The molecule has 0 heterocycles. The summed E-state index contributed by atoms with van der Waals surface area (Å²) in [6, 6.07) is 13.3. The van der Waals surface area contributed by atoms with Gasteiger partial charge >= 0.3 is 11.9 Å². The molecule has 2 N–H and O–H groups in total. The monoisotopic (exact) mass is 385 g/mol. The van der Waals surface area contributed by atoms with Crippen LogP contribution in [0, 0.1) is 0 Å². The lowest BCUT2D eigenvalue weighted by molar-refractivity contribution is -0.137. The predicted molar refractivity (Wildman–Crippen MR) is 104 cm³/mol. The van der Waals surface area contributed by atoms with Crippen LogP contribution in [-0.2, 0) is 14.3 Å². The van der Waals surface area contributed by atoms with Crippen molar-refractivity contribution in [1.29, 1.82) is 0 Å². The molecule has 0 spiro atoms. The third-order valence-electron chi connectivity index (χ3n) is 4.12. The molecule has 1 amide bonds. The highest BCUT2D eigenvalue weighted by Crippen LogP contribution is 2.26. The van der Waals surface area contributed by atoms with E-state index in [2.05, 4.69) is 5.32 Å². The first kappa shape index (κ1) is 21.0. The summed E-state index contributed by atoms with van der Waals surface area (Å²) in [4.78, 5) is 35.3. The number of carbonyl (C=O) groups is 3. The maximum atomic E-state index is 12.4. The van der Waals surface area contributed by atoms with E-state index >= 15 is 0 Å². The van der Waals surface area contributed by atoms with Crippen molar-refractivity contribution in [2.75, 3.05) is 19.0 Å². The van der Waals surface area contributed by atoms with Crippen LogP contribution in [0.2, 0.25) is 0 Å². The van der Waals surface area contributed by atoms with Gasteiger partial charge in [-0.25, -0.2) is 4.79 Å². The minimum atomic E-state index is -0.979. The van der Waals surface area contributed by atoms with E-state index in [1.165, 1.54) is 0 Å². The zero-order chi connectivity index (χ0) is 20.5. The molecule has 2 aromatic rings. The lowest BCUT2D eigenvalue weighted by atomic mass is 9.92. The van der Waals surface area contributed by atoms with E-state index in [1.54, 1.807) is 62.6 Å². The van der Waals surface area contributed by atoms with Gasteiger partial charge in [0.05, 0.1) is 25.7 Å². The lowest BCUT2D eigenvalue weighted by Gasteiger charge is -2.16. The summed E-state index contributed by atoms with van der Waals surface area (Å²) in [7, 11) is 1.55. The van der Waals surface area contributed by atoms with Crippen molar-refractivity contribution < 1.29 is 29.0 Å². The quantitative estimate of drug-likeness (QED) is 0.641. The molecular formula is C21H23NO6. The van der Waals surface area contributed by atoms with Crippen LogP contribution >= 0.6 is 0 Å². The number of carboxylic acids is 1. The second kappa shape index (κ2) is 10.1.